The third kappa shape index (κ3) is 2.38. The third-order valence-electron chi connectivity index (χ3n) is 12.5. The lowest BCUT2D eigenvalue weighted by atomic mass is 9.33. The van der Waals surface area contributed by atoms with E-state index in [0.717, 1.165) is 63.2 Å². The number of methoxy groups -OCH3 is 1. The number of phenols is 1. The second kappa shape index (κ2) is 6.76. The first-order valence-electron chi connectivity index (χ1n) is 14.4. The molecule has 4 bridgehead atoms. The van der Waals surface area contributed by atoms with Crippen LogP contribution >= 0.6 is 0 Å². The van der Waals surface area contributed by atoms with E-state index in [2.05, 4.69) is 17.9 Å². The molecule has 1 aromatic carbocycles. The van der Waals surface area contributed by atoms with Gasteiger partial charge in [0.25, 0.3) is 0 Å². The van der Waals surface area contributed by atoms with Crippen molar-refractivity contribution in [2.45, 2.75) is 106 Å². The maximum atomic E-state index is 12.4. The van der Waals surface area contributed by atoms with Gasteiger partial charge in [-0.3, -0.25) is 4.90 Å². The van der Waals surface area contributed by atoms with Crippen LogP contribution in [-0.2, 0) is 16.6 Å². The molecule has 2 heterocycles. The van der Waals surface area contributed by atoms with Crippen molar-refractivity contribution in [1.82, 2.24) is 4.90 Å². The highest BCUT2D eigenvalue weighted by atomic mass is 16.6. The van der Waals surface area contributed by atoms with Crippen LogP contribution in [0.1, 0.15) is 82.3 Å². The van der Waals surface area contributed by atoms with Crippen LogP contribution in [0.3, 0.4) is 0 Å². The molecule has 190 valence electrons. The Labute approximate surface area is 209 Å². The first-order valence-corrected chi connectivity index (χ1v) is 14.4. The van der Waals surface area contributed by atoms with Gasteiger partial charge in [-0.2, -0.15) is 0 Å². The summed E-state index contributed by atoms with van der Waals surface area (Å²) in [4.78, 5) is 2.85. The first-order chi connectivity index (χ1) is 16.9. The standard InChI is InChI=1S/C30H41NO4/c1-27(33,20-5-3-4-6-20)22-16-28-11-12-30(22,34-2)26-29(28)13-14-31(17-18-7-8-18)23(28)15-19-9-10-21(32)25(35-26)24(19)29/h9-10,18,20,22-23,26,32-33H,3-8,11-17H2,1-2H3/t22-,23-,26-,27-,28-,29+,30-/m1/s1. The number of nitrogens with zero attached hydrogens (tertiary/aromatic N) is 1. The molecule has 9 rings (SSSR count). The molecule has 2 aliphatic heterocycles. The highest BCUT2D eigenvalue weighted by Crippen LogP contribution is 2.78. The number of hydrogen-bond donors (Lipinski definition) is 2. The van der Waals surface area contributed by atoms with Crippen molar-refractivity contribution in [3.8, 4) is 11.5 Å². The maximum Gasteiger partial charge on any atom is 0.165 e. The van der Waals surface area contributed by atoms with Crippen LogP contribution < -0.4 is 4.74 Å². The van der Waals surface area contributed by atoms with Gasteiger partial charge in [0.2, 0.25) is 0 Å². The van der Waals surface area contributed by atoms with Crippen LogP contribution in [0.25, 0.3) is 0 Å². The highest BCUT2D eigenvalue weighted by Gasteiger charge is 2.82. The summed E-state index contributed by atoms with van der Waals surface area (Å²) in [6.07, 6.45) is 12.6. The van der Waals surface area contributed by atoms with Crippen LogP contribution in [0.5, 0.6) is 11.5 Å². The van der Waals surface area contributed by atoms with E-state index < -0.39 is 11.2 Å². The van der Waals surface area contributed by atoms with Crippen LogP contribution in [0.4, 0.5) is 0 Å². The van der Waals surface area contributed by atoms with E-state index in [4.69, 9.17) is 9.47 Å². The summed E-state index contributed by atoms with van der Waals surface area (Å²) in [5.41, 5.74) is 1.37. The fraction of sp³-hybridized carbons (Fsp3) is 0.800. The Balaban J connectivity index is 1.34. The normalized spacial score (nSPS) is 45.3. The molecule has 5 saturated carbocycles. The summed E-state index contributed by atoms with van der Waals surface area (Å²) >= 11 is 0. The number of ether oxygens (including phenoxy) is 2. The number of aliphatic hydroxyl groups is 1. The van der Waals surface area contributed by atoms with Gasteiger partial charge in [-0.05, 0) is 94.7 Å². The largest absolute Gasteiger partial charge is 0.504 e. The van der Waals surface area contributed by atoms with Gasteiger partial charge < -0.3 is 19.7 Å². The molecular weight excluding hydrogens is 438 g/mol. The van der Waals surface area contributed by atoms with E-state index in [1.54, 1.807) is 0 Å². The number of hydrogen-bond acceptors (Lipinski definition) is 5. The molecule has 2 spiro atoms. The van der Waals surface area contributed by atoms with Crippen molar-refractivity contribution in [2.24, 2.45) is 23.2 Å². The Morgan fingerprint density at radius 1 is 1.14 bits per heavy atom. The molecule has 8 aliphatic rings. The Morgan fingerprint density at radius 3 is 2.69 bits per heavy atom. The summed E-state index contributed by atoms with van der Waals surface area (Å²) in [7, 11) is 1.86. The molecular formula is C30H41NO4. The molecule has 7 atom stereocenters. The minimum Gasteiger partial charge on any atom is -0.504 e. The minimum atomic E-state index is -0.766. The Bertz CT molecular complexity index is 1080. The van der Waals surface area contributed by atoms with Crippen LogP contribution in [0.2, 0.25) is 0 Å². The van der Waals surface area contributed by atoms with Gasteiger partial charge in [0.05, 0.1) is 5.60 Å². The SMILES string of the molecule is CO[C@]12CC[C@@]3(C[C@@H]1[C@](C)(O)C1CCCC1)[C@H]1Cc4ccc(O)c5c4[C@@]3(CCN1CC1CC1)[C@H]2O5. The fourth-order valence-corrected chi connectivity index (χ4v) is 10.9. The zero-order valence-electron chi connectivity index (χ0n) is 21.4. The van der Waals surface area contributed by atoms with Crippen molar-refractivity contribution < 1.29 is 19.7 Å². The van der Waals surface area contributed by atoms with Gasteiger partial charge in [-0.15, -0.1) is 0 Å². The minimum absolute atomic E-state index is 0.0522. The van der Waals surface area contributed by atoms with Crippen molar-refractivity contribution in [3.05, 3.63) is 23.3 Å². The summed E-state index contributed by atoms with van der Waals surface area (Å²) < 4.78 is 13.6. The Hall–Kier alpha value is -1.30. The number of piperidine rings is 1. The lowest BCUT2D eigenvalue weighted by Crippen LogP contribution is -2.83. The topological polar surface area (TPSA) is 62.2 Å². The lowest BCUT2D eigenvalue weighted by molar-refractivity contribution is -0.307. The zero-order valence-corrected chi connectivity index (χ0v) is 21.4. The fourth-order valence-electron chi connectivity index (χ4n) is 10.9. The van der Waals surface area contributed by atoms with E-state index in [-0.39, 0.29) is 28.6 Å². The predicted molar refractivity (Wildman–Crippen MR) is 133 cm³/mol. The van der Waals surface area contributed by atoms with E-state index in [0.29, 0.717) is 12.0 Å². The van der Waals surface area contributed by atoms with Crippen LogP contribution in [-0.4, -0.2) is 58.7 Å². The average molecular weight is 480 g/mol. The third-order valence-corrected chi connectivity index (χ3v) is 12.5. The molecule has 0 amide bonds. The summed E-state index contributed by atoms with van der Waals surface area (Å²) in [5, 5.41) is 23.4. The Kier molecular flexibility index (Phi) is 4.20. The monoisotopic (exact) mass is 479 g/mol. The van der Waals surface area contributed by atoms with Gasteiger partial charge >= 0.3 is 0 Å². The van der Waals surface area contributed by atoms with Crippen LogP contribution in [0.15, 0.2) is 12.1 Å². The second-order valence-corrected chi connectivity index (χ2v) is 13.6. The Morgan fingerprint density at radius 2 is 1.94 bits per heavy atom. The van der Waals surface area contributed by atoms with E-state index in [1.165, 1.54) is 43.4 Å². The number of likely N-dealkylation sites (tertiary alicyclic amines) is 1. The quantitative estimate of drug-likeness (QED) is 0.648. The lowest BCUT2D eigenvalue weighted by Gasteiger charge is -2.75. The summed E-state index contributed by atoms with van der Waals surface area (Å²) in [6.45, 7) is 4.47. The number of phenolic OH excluding ortho intramolecular Hbond substituents is 1. The number of aromatic hydroxyl groups is 1. The van der Waals surface area contributed by atoms with Gasteiger partial charge in [-0.25, -0.2) is 0 Å². The van der Waals surface area contributed by atoms with Crippen LogP contribution in [0, 0.1) is 23.2 Å². The summed E-state index contributed by atoms with van der Waals surface area (Å²) in [6, 6.07) is 4.52. The van der Waals surface area contributed by atoms with E-state index in [9.17, 15) is 10.2 Å². The van der Waals surface area contributed by atoms with E-state index >= 15 is 0 Å². The average Bonchev–Trinajstić information content (AvgIpc) is 3.34. The molecule has 1 aromatic rings. The number of rotatable bonds is 5. The van der Waals surface area contributed by atoms with E-state index in [1.807, 2.05) is 13.2 Å². The number of fused-ring (bicyclic) bond motifs is 2. The molecule has 0 radical (unpaired) electrons. The maximum absolute atomic E-state index is 12.4. The number of benzene rings is 1. The molecule has 2 N–H and O–H groups in total. The van der Waals surface area contributed by atoms with Gasteiger partial charge in [0.15, 0.2) is 11.5 Å². The molecule has 35 heavy (non-hydrogen) atoms. The summed E-state index contributed by atoms with van der Waals surface area (Å²) in [5.74, 6) is 2.28. The van der Waals surface area contributed by atoms with Crippen molar-refractivity contribution in [1.29, 1.82) is 0 Å². The van der Waals surface area contributed by atoms with Crippen molar-refractivity contribution in [3.63, 3.8) is 0 Å². The van der Waals surface area contributed by atoms with Gasteiger partial charge in [0.1, 0.15) is 11.7 Å². The molecule has 0 unspecified atom stereocenters. The molecule has 1 saturated heterocycles. The molecule has 5 heteroatoms. The molecule has 6 aliphatic carbocycles. The molecule has 6 fully saturated rings. The van der Waals surface area contributed by atoms with Crippen molar-refractivity contribution in [2.75, 3.05) is 20.2 Å². The predicted octanol–water partition coefficient (Wildman–Crippen LogP) is 4.56. The highest BCUT2D eigenvalue weighted by molar-refractivity contribution is 5.63. The van der Waals surface area contributed by atoms with Gasteiger partial charge in [0, 0.05) is 42.0 Å². The zero-order chi connectivity index (χ0) is 23.8. The molecule has 5 nitrogen and oxygen atoms in total. The molecule has 0 aromatic heterocycles. The van der Waals surface area contributed by atoms with Crippen molar-refractivity contribution >= 4 is 0 Å². The second-order valence-electron chi connectivity index (χ2n) is 13.6. The first kappa shape index (κ1) is 21.8. The smallest absolute Gasteiger partial charge is 0.165 e. The van der Waals surface area contributed by atoms with Gasteiger partial charge in [-0.1, -0.05) is 18.9 Å².